The maximum absolute atomic E-state index is 13.1. The molecule has 0 saturated carbocycles. The van der Waals surface area contributed by atoms with Gasteiger partial charge in [-0.1, -0.05) is 79.8 Å². The summed E-state index contributed by atoms with van der Waals surface area (Å²) in [5.74, 6) is 0.894. The van der Waals surface area contributed by atoms with Gasteiger partial charge in [-0.3, -0.25) is 14.5 Å². The third-order valence-corrected chi connectivity index (χ3v) is 7.19. The highest BCUT2D eigenvalue weighted by Gasteiger charge is 2.33. The number of thiocarbonyl (C=S) groups is 1. The Kier molecular flexibility index (Phi) is 8.53. The molecular weight excluding hydrogens is 528 g/mol. The maximum Gasteiger partial charge on any atom is 0.270 e. The van der Waals surface area contributed by atoms with Crippen LogP contribution in [0.3, 0.4) is 0 Å². The molecule has 0 unspecified atom stereocenters. The fourth-order valence-corrected chi connectivity index (χ4v) is 5.30. The largest absolute Gasteiger partial charge is 0.495 e. The fraction of sp³-hybridized carbons (Fsp3) is 0.179. The van der Waals surface area contributed by atoms with Crippen molar-refractivity contribution in [2.45, 2.75) is 19.8 Å². The molecule has 1 aliphatic heterocycles. The van der Waals surface area contributed by atoms with Crippen molar-refractivity contribution in [3.8, 4) is 11.5 Å². The average molecular weight is 553 g/mol. The predicted octanol–water partition coefficient (Wildman–Crippen LogP) is 6.90. The lowest BCUT2D eigenvalue weighted by molar-refractivity contribution is -0.118. The molecule has 1 fully saturated rings. The van der Waals surface area contributed by atoms with E-state index in [0.29, 0.717) is 37.4 Å². The molecule has 2 amide bonds. The number of rotatable bonds is 8. The SMILES string of the molecule is COc1ccc(N2C(=O)/C(=C\c3ccc(OCC(=O)Nc4ccccc4C(C)C)cc3)SC2=S)cc1Cl. The molecule has 9 heteroatoms. The monoisotopic (exact) mass is 552 g/mol. The molecule has 0 bridgehead atoms. The number of nitrogens with one attached hydrogen (secondary N) is 1. The average Bonchev–Trinajstić information content (AvgIpc) is 3.16. The summed E-state index contributed by atoms with van der Waals surface area (Å²) < 4.78 is 11.2. The molecule has 4 rings (SSSR count). The van der Waals surface area contributed by atoms with E-state index in [0.717, 1.165) is 16.8 Å². The van der Waals surface area contributed by atoms with Crippen molar-refractivity contribution in [2.24, 2.45) is 0 Å². The van der Waals surface area contributed by atoms with Crippen LogP contribution in [0.2, 0.25) is 5.02 Å². The first-order valence-corrected chi connectivity index (χ1v) is 13.1. The highest BCUT2D eigenvalue weighted by atomic mass is 35.5. The van der Waals surface area contributed by atoms with Crippen molar-refractivity contribution in [3.05, 3.63) is 87.8 Å². The minimum atomic E-state index is -0.237. The Morgan fingerprint density at radius 1 is 1.14 bits per heavy atom. The van der Waals surface area contributed by atoms with Crippen LogP contribution in [0, 0.1) is 0 Å². The van der Waals surface area contributed by atoms with Crippen LogP contribution in [0.15, 0.2) is 71.6 Å². The molecule has 1 N–H and O–H groups in total. The fourth-order valence-electron chi connectivity index (χ4n) is 3.75. The van der Waals surface area contributed by atoms with Gasteiger partial charge in [-0.25, -0.2) is 0 Å². The Hall–Kier alpha value is -3.33. The number of hydrogen-bond acceptors (Lipinski definition) is 6. The van der Waals surface area contributed by atoms with Crippen LogP contribution in [0.25, 0.3) is 6.08 Å². The predicted molar refractivity (Wildman–Crippen MR) is 155 cm³/mol. The van der Waals surface area contributed by atoms with Gasteiger partial charge in [0.15, 0.2) is 10.9 Å². The quantitative estimate of drug-likeness (QED) is 0.242. The number of amides is 2. The van der Waals surface area contributed by atoms with Crippen LogP contribution in [-0.4, -0.2) is 29.9 Å². The number of benzene rings is 3. The second-order valence-corrected chi connectivity index (χ2v) is 10.6. The molecule has 0 spiro atoms. The normalized spacial score (nSPS) is 14.4. The number of hydrogen-bond donors (Lipinski definition) is 1. The molecular formula is C28H25ClN2O4S2. The van der Waals surface area contributed by atoms with Crippen molar-refractivity contribution in [1.29, 1.82) is 0 Å². The van der Waals surface area contributed by atoms with Crippen molar-refractivity contribution in [3.63, 3.8) is 0 Å². The summed E-state index contributed by atoms with van der Waals surface area (Å²) in [6, 6.07) is 20.0. The third-order valence-electron chi connectivity index (χ3n) is 5.59. The summed E-state index contributed by atoms with van der Waals surface area (Å²) in [4.78, 5) is 27.4. The van der Waals surface area contributed by atoms with E-state index in [1.807, 2.05) is 36.4 Å². The highest BCUT2D eigenvalue weighted by molar-refractivity contribution is 8.27. The van der Waals surface area contributed by atoms with Gasteiger partial charge >= 0.3 is 0 Å². The number of ether oxygens (including phenoxy) is 2. The van der Waals surface area contributed by atoms with E-state index in [9.17, 15) is 9.59 Å². The van der Waals surface area contributed by atoms with Gasteiger partial charge in [-0.15, -0.1) is 0 Å². The molecule has 0 atom stereocenters. The van der Waals surface area contributed by atoms with Gasteiger partial charge in [0.2, 0.25) is 0 Å². The molecule has 0 aromatic heterocycles. The number of carbonyl (C=O) groups excluding carboxylic acids is 2. The Labute approximate surface area is 230 Å². The molecule has 37 heavy (non-hydrogen) atoms. The standard InChI is InChI=1S/C28H25ClN2O4S2/c1-17(2)21-6-4-5-7-23(21)30-26(32)16-35-20-11-8-18(9-12-20)14-25-27(33)31(28(36)37-25)19-10-13-24(34-3)22(29)15-19/h4-15,17H,16H2,1-3H3,(H,30,32)/b25-14+. The zero-order chi connectivity index (χ0) is 26.5. The number of para-hydroxylation sites is 1. The summed E-state index contributed by atoms with van der Waals surface area (Å²) in [6.07, 6.45) is 1.77. The van der Waals surface area contributed by atoms with Crippen LogP contribution >= 0.6 is 35.6 Å². The summed E-state index contributed by atoms with van der Waals surface area (Å²) in [6.45, 7) is 4.04. The first kappa shape index (κ1) is 26.7. The summed E-state index contributed by atoms with van der Waals surface area (Å²) in [5.41, 5.74) is 3.24. The van der Waals surface area contributed by atoms with Gasteiger partial charge in [-0.05, 0) is 59.5 Å². The van der Waals surface area contributed by atoms with Crippen LogP contribution in [0.1, 0.15) is 30.9 Å². The van der Waals surface area contributed by atoms with Crippen molar-refractivity contribution in [2.75, 3.05) is 23.9 Å². The highest BCUT2D eigenvalue weighted by Crippen LogP contribution is 2.38. The van der Waals surface area contributed by atoms with Gasteiger partial charge in [0.1, 0.15) is 11.5 Å². The van der Waals surface area contributed by atoms with Gasteiger partial charge in [0.05, 0.1) is 22.7 Å². The topological polar surface area (TPSA) is 67.9 Å². The molecule has 6 nitrogen and oxygen atoms in total. The summed E-state index contributed by atoms with van der Waals surface area (Å²) in [5, 5.41) is 3.31. The van der Waals surface area contributed by atoms with Gasteiger partial charge in [0, 0.05) is 5.69 Å². The molecule has 3 aromatic rings. The number of carbonyl (C=O) groups is 2. The van der Waals surface area contributed by atoms with E-state index in [4.69, 9.17) is 33.3 Å². The maximum atomic E-state index is 13.1. The number of halogens is 1. The second-order valence-electron chi connectivity index (χ2n) is 8.48. The number of nitrogens with zero attached hydrogens (tertiary/aromatic N) is 1. The van der Waals surface area contributed by atoms with Gasteiger partial charge < -0.3 is 14.8 Å². The number of methoxy groups -OCH3 is 1. The number of anilines is 2. The van der Waals surface area contributed by atoms with E-state index in [1.54, 1.807) is 36.4 Å². The van der Waals surface area contributed by atoms with E-state index in [2.05, 4.69) is 19.2 Å². The van der Waals surface area contributed by atoms with E-state index < -0.39 is 0 Å². The van der Waals surface area contributed by atoms with Gasteiger partial charge in [0.25, 0.3) is 11.8 Å². The van der Waals surface area contributed by atoms with Crippen molar-refractivity contribution in [1.82, 2.24) is 0 Å². The first-order valence-electron chi connectivity index (χ1n) is 11.5. The molecule has 0 aliphatic carbocycles. The molecule has 1 saturated heterocycles. The van der Waals surface area contributed by atoms with Crippen LogP contribution in [0.4, 0.5) is 11.4 Å². The lowest BCUT2D eigenvalue weighted by Gasteiger charge is -2.15. The summed E-state index contributed by atoms with van der Waals surface area (Å²) in [7, 11) is 1.53. The Bertz CT molecular complexity index is 1370. The second kappa shape index (κ2) is 11.8. The van der Waals surface area contributed by atoms with E-state index >= 15 is 0 Å². The van der Waals surface area contributed by atoms with Crippen molar-refractivity contribution >= 4 is 69.2 Å². The smallest absolute Gasteiger partial charge is 0.270 e. The molecule has 0 radical (unpaired) electrons. The molecule has 190 valence electrons. The zero-order valence-electron chi connectivity index (χ0n) is 20.5. The lowest BCUT2D eigenvalue weighted by Crippen LogP contribution is -2.27. The number of thioether (sulfide) groups is 1. The Balaban J connectivity index is 1.38. The first-order chi connectivity index (χ1) is 17.8. The minimum Gasteiger partial charge on any atom is -0.495 e. The molecule has 1 aliphatic rings. The lowest BCUT2D eigenvalue weighted by atomic mass is 10.0. The van der Waals surface area contributed by atoms with Gasteiger partial charge in [-0.2, -0.15) is 0 Å². The Morgan fingerprint density at radius 2 is 1.86 bits per heavy atom. The van der Waals surface area contributed by atoms with Crippen molar-refractivity contribution < 1.29 is 19.1 Å². The third kappa shape index (κ3) is 6.33. The zero-order valence-corrected chi connectivity index (χ0v) is 22.9. The van der Waals surface area contributed by atoms with Crippen LogP contribution in [-0.2, 0) is 9.59 Å². The van der Waals surface area contributed by atoms with E-state index in [1.165, 1.54) is 23.8 Å². The van der Waals surface area contributed by atoms with E-state index in [-0.39, 0.29) is 18.4 Å². The molecule has 3 aromatic carbocycles. The minimum absolute atomic E-state index is 0.116. The summed E-state index contributed by atoms with van der Waals surface area (Å²) >= 11 is 12.9. The Morgan fingerprint density at radius 3 is 2.54 bits per heavy atom. The van der Waals surface area contributed by atoms with Crippen LogP contribution in [0.5, 0.6) is 11.5 Å². The molecule has 1 heterocycles. The van der Waals surface area contributed by atoms with Crippen LogP contribution < -0.4 is 19.7 Å².